The lowest BCUT2D eigenvalue weighted by molar-refractivity contribution is 0.256. The number of aryl methyl sites for hydroxylation is 2. The summed E-state index contributed by atoms with van der Waals surface area (Å²) in [5.41, 5.74) is 3.68. The predicted octanol–water partition coefficient (Wildman–Crippen LogP) is 4.87. The van der Waals surface area contributed by atoms with Crippen molar-refractivity contribution in [1.82, 2.24) is 14.8 Å². The molecular weight excluding hydrogens is 390 g/mol. The Kier molecular flexibility index (Phi) is 6.21. The monoisotopic (exact) mass is 419 g/mol. The number of nitrogens with one attached hydrogen (secondary N) is 1. The molecule has 7 heteroatoms. The molecule has 7 nitrogen and oxygen atoms in total. The summed E-state index contributed by atoms with van der Waals surface area (Å²) in [5.74, 6) is 2.44. The summed E-state index contributed by atoms with van der Waals surface area (Å²) in [7, 11) is 1.60. The Labute approximate surface area is 183 Å². The van der Waals surface area contributed by atoms with E-state index in [9.17, 15) is 4.79 Å². The van der Waals surface area contributed by atoms with Crippen LogP contribution in [0.4, 0.5) is 16.2 Å². The first-order valence-corrected chi connectivity index (χ1v) is 10.8. The smallest absolute Gasteiger partial charge is 0.326 e. The number of ether oxygens (including phenoxy) is 1. The molecule has 162 valence electrons. The average Bonchev–Trinajstić information content (AvgIpc) is 3.00. The highest BCUT2D eigenvalue weighted by Gasteiger charge is 2.24. The van der Waals surface area contributed by atoms with Crippen LogP contribution in [-0.2, 0) is 19.5 Å². The highest BCUT2D eigenvalue weighted by molar-refractivity contribution is 6.03. The van der Waals surface area contributed by atoms with Gasteiger partial charge >= 0.3 is 6.03 Å². The Morgan fingerprint density at radius 1 is 1.10 bits per heavy atom. The molecular formula is C24H29N5O2. The molecule has 2 amide bonds. The number of rotatable bonds is 5. The summed E-state index contributed by atoms with van der Waals surface area (Å²) in [6.45, 7) is 5.33. The summed E-state index contributed by atoms with van der Waals surface area (Å²) >= 11 is 0. The van der Waals surface area contributed by atoms with Crippen molar-refractivity contribution in [2.45, 2.75) is 52.6 Å². The molecule has 0 bridgehead atoms. The highest BCUT2D eigenvalue weighted by atomic mass is 16.5. The minimum atomic E-state index is -0.232. The normalized spacial score (nSPS) is 13.3. The lowest BCUT2D eigenvalue weighted by Gasteiger charge is -2.26. The Morgan fingerprint density at radius 3 is 2.77 bits per heavy atom. The van der Waals surface area contributed by atoms with Gasteiger partial charge in [0.25, 0.3) is 0 Å². The molecule has 2 aromatic carbocycles. The molecule has 1 aromatic heterocycles. The second-order valence-electron chi connectivity index (χ2n) is 7.93. The lowest BCUT2D eigenvalue weighted by atomic mass is 10.1. The number of para-hydroxylation sites is 2. The summed E-state index contributed by atoms with van der Waals surface area (Å²) < 4.78 is 7.59. The van der Waals surface area contributed by atoms with E-state index in [2.05, 4.69) is 33.1 Å². The Hall–Kier alpha value is -3.35. The third-order valence-electron chi connectivity index (χ3n) is 5.95. The number of aromatic nitrogens is 3. The quantitative estimate of drug-likeness (QED) is 0.640. The second-order valence-corrected chi connectivity index (χ2v) is 7.93. The van der Waals surface area contributed by atoms with E-state index >= 15 is 0 Å². The number of hydrogen-bond acceptors (Lipinski definition) is 4. The molecule has 0 saturated heterocycles. The van der Waals surface area contributed by atoms with Crippen LogP contribution in [0.15, 0.2) is 42.5 Å². The van der Waals surface area contributed by atoms with Crippen molar-refractivity contribution in [2.24, 2.45) is 0 Å². The topological polar surface area (TPSA) is 72.3 Å². The van der Waals surface area contributed by atoms with Gasteiger partial charge in [-0.15, -0.1) is 10.2 Å². The van der Waals surface area contributed by atoms with Gasteiger partial charge in [-0.3, -0.25) is 4.90 Å². The third-order valence-corrected chi connectivity index (χ3v) is 5.95. The minimum Gasteiger partial charge on any atom is -0.495 e. The van der Waals surface area contributed by atoms with E-state index in [0.29, 0.717) is 18.0 Å². The zero-order valence-electron chi connectivity index (χ0n) is 18.4. The predicted molar refractivity (Wildman–Crippen MR) is 122 cm³/mol. The van der Waals surface area contributed by atoms with Gasteiger partial charge in [-0.1, -0.05) is 30.7 Å². The molecule has 3 aromatic rings. The van der Waals surface area contributed by atoms with Crippen LogP contribution < -0.4 is 15.0 Å². The second kappa shape index (κ2) is 9.20. The van der Waals surface area contributed by atoms with Crippen LogP contribution in [0.3, 0.4) is 0 Å². The van der Waals surface area contributed by atoms with Crippen molar-refractivity contribution >= 4 is 17.4 Å². The fraction of sp³-hybridized carbons (Fsp3) is 0.375. The van der Waals surface area contributed by atoms with E-state index in [1.165, 1.54) is 6.42 Å². The first kappa shape index (κ1) is 20.9. The molecule has 1 aliphatic rings. The molecule has 4 rings (SSSR count). The van der Waals surface area contributed by atoms with Crippen molar-refractivity contribution < 1.29 is 9.53 Å². The number of urea groups is 1. The molecule has 0 radical (unpaired) electrons. The molecule has 1 aliphatic heterocycles. The number of methoxy groups -OCH3 is 1. The van der Waals surface area contributed by atoms with Gasteiger partial charge in [0, 0.05) is 18.7 Å². The summed E-state index contributed by atoms with van der Waals surface area (Å²) in [6, 6.07) is 13.2. The Bertz CT molecular complexity index is 1080. The van der Waals surface area contributed by atoms with Gasteiger partial charge in [0.2, 0.25) is 0 Å². The molecule has 2 heterocycles. The van der Waals surface area contributed by atoms with E-state index in [1.807, 2.05) is 43.3 Å². The molecule has 0 spiro atoms. The fourth-order valence-electron chi connectivity index (χ4n) is 4.03. The molecule has 0 saturated carbocycles. The fourth-order valence-corrected chi connectivity index (χ4v) is 4.03. The van der Waals surface area contributed by atoms with Gasteiger partial charge in [-0.2, -0.15) is 0 Å². The average molecular weight is 420 g/mol. The standard InChI is InChI=1S/C24H29N5O2/c1-17-10-9-12-20(18(17)2)29(24(30)25-19-11-6-7-13-21(19)31-3)16-23-27-26-22-14-5-4-8-15-28(22)23/h6-7,9-13H,4-5,8,14-16H2,1-3H3,(H,25,30). The molecule has 0 aliphatic carbocycles. The van der Waals surface area contributed by atoms with Crippen molar-refractivity contribution in [1.29, 1.82) is 0 Å². The number of anilines is 2. The number of carbonyl (C=O) groups excluding carboxylic acids is 1. The lowest BCUT2D eigenvalue weighted by Crippen LogP contribution is -2.36. The summed E-state index contributed by atoms with van der Waals surface area (Å²) in [5, 5.41) is 11.9. The van der Waals surface area contributed by atoms with E-state index in [1.54, 1.807) is 12.0 Å². The highest BCUT2D eigenvalue weighted by Crippen LogP contribution is 2.28. The van der Waals surface area contributed by atoms with Gasteiger partial charge in [-0.25, -0.2) is 4.79 Å². The molecule has 1 N–H and O–H groups in total. The first-order valence-electron chi connectivity index (χ1n) is 10.8. The first-order chi connectivity index (χ1) is 15.1. The number of hydrogen-bond donors (Lipinski definition) is 1. The molecule has 0 atom stereocenters. The Balaban J connectivity index is 1.69. The number of carbonyl (C=O) groups is 1. The molecule has 0 unspecified atom stereocenters. The maximum atomic E-state index is 13.5. The van der Waals surface area contributed by atoms with Gasteiger partial charge in [0.05, 0.1) is 19.3 Å². The van der Waals surface area contributed by atoms with Crippen LogP contribution in [0.1, 0.15) is 42.0 Å². The van der Waals surface area contributed by atoms with Crippen LogP contribution in [-0.4, -0.2) is 27.9 Å². The molecule has 0 fully saturated rings. The number of fused-ring (bicyclic) bond motifs is 1. The van der Waals surface area contributed by atoms with Crippen LogP contribution in [0.2, 0.25) is 0 Å². The number of benzene rings is 2. The Morgan fingerprint density at radius 2 is 1.94 bits per heavy atom. The molecule has 31 heavy (non-hydrogen) atoms. The maximum Gasteiger partial charge on any atom is 0.326 e. The van der Waals surface area contributed by atoms with Crippen LogP contribution in [0.5, 0.6) is 5.75 Å². The van der Waals surface area contributed by atoms with Crippen molar-refractivity contribution in [3.63, 3.8) is 0 Å². The number of nitrogens with zero attached hydrogens (tertiary/aromatic N) is 4. The maximum absolute atomic E-state index is 13.5. The number of amides is 2. The SMILES string of the molecule is COc1ccccc1NC(=O)N(Cc1nnc2n1CCCCC2)c1cccc(C)c1C. The van der Waals surface area contributed by atoms with Crippen LogP contribution in [0.25, 0.3) is 0 Å². The van der Waals surface area contributed by atoms with Crippen molar-refractivity contribution in [3.05, 3.63) is 65.2 Å². The minimum absolute atomic E-state index is 0.232. The van der Waals surface area contributed by atoms with E-state index < -0.39 is 0 Å². The van der Waals surface area contributed by atoms with Crippen LogP contribution >= 0.6 is 0 Å². The zero-order chi connectivity index (χ0) is 21.8. The van der Waals surface area contributed by atoms with Gasteiger partial charge in [-0.05, 0) is 56.0 Å². The van der Waals surface area contributed by atoms with Gasteiger partial charge < -0.3 is 14.6 Å². The third kappa shape index (κ3) is 4.40. The van der Waals surface area contributed by atoms with Gasteiger partial charge in [0.15, 0.2) is 5.82 Å². The van der Waals surface area contributed by atoms with E-state index in [-0.39, 0.29) is 6.03 Å². The zero-order valence-corrected chi connectivity index (χ0v) is 18.4. The van der Waals surface area contributed by atoms with E-state index in [0.717, 1.165) is 54.3 Å². The van der Waals surface area contributed by atoms with E-state index in [4.69, 9.17) is 4.74 Å². The largest absolute Gasteiger partial charge is 0.495 e. The summed E-state index contributed by atoms with van der Waals surface area (Å²) in [6.07, 6.45) is 4.36. The van der Waals surface area contributed by atoms with Gasteiger partial charge in [0.1, 0.15) is 11.6 Å². The van der Waals surface area contributed by atoms with Crippen molar-refractivity contribution in [3.8, 4) is 5.75 Å². The van der Waals surface area contributed by atoms with Crippen molar-refractivity contribution in [2.75, 3.05) is 17.3 Å². The summed E-state index contributed by atoms with van der Waals surface area (Å²) in [4.78, 5) is 15.3. The van der Waals surface area contributed by atoms with Crippen LogP contribution in [0, 0.1) is 13.8 Å².